The van der Waals surface area contributed by atoms with Crippen molar-refractivity contribution in [2.75, 3.05) is 19.0 Å². The Bertz CT molecular complexity index is 939. The number of anilines is 1. The predicted molar refractivity (Wildman–Crippen MR) is 112 cm³/mol. The molecule has 0 aliphatic carbocycles. The van der Waals surface area contributed by atoms with Crippen molar-refractivity contribution >= 4 is 23.5 Å². The quantitative estimate of drug-likeness (QED) is 0.708. The highest BCUT2D eigenvalue weighted by Gasteiger charge is 2.22. The minimum absolute atomic E-state index is 0.156. The van der Waals surface area contributed by atoms with Crippen molar-refractivity contribution in [3.05, 3.63) is 59.2 Å². The molecule has 1 saturated heterocycles. The highest BCUT2D eigenvalue weighted by Crippen LogP contribution is 2.25. The van der Waals surface area contributed by atoms with Crippen molar-refractivity contribution in [1.82, 2.24) is 4.90 Å². The molecular formula is C23H26N2O5. The van der Waals surface area contributed by atoms with Crippen molar-refractivity contribution in [1.29, 1.82) is 0 Å². The summed E-state index contributed by atoms with van der Waals surface area (Å²) in [5.41, 5.74) is 2.77. The van der Waals surface area contributed by atoms with Crippen LogP contribution in [0.3, 0.4) is 0 Å². The average molecular weight is 410 g/mol. The summed E-state index contributed by atoms with van der Waals surface area (Å²) in [7, 11) is 1.52. The summed E-state index contributed by atoms with van der Waals surface area (Å²) < 4.78 is 10.6. The predicted octanol–water partition coefficient (Wildman–Crippen LogP) is 3.31. The SMILES string of the molecule is COc1ccc(C)cc1NC(=O)C(C)OC(=O)c1ccc(CN2CCCC2=O)cc1. The molecule has 2 aromatic rings. The molecule has 30 heavy (non-hydrogen) atoms. The lowest BCUT2D eigenvalue weighted by molar-refractivity contribution is -0.128. The first-order chi connectivity index (χ1) is 14.4. The van der Waals surface area contributed by atoms with Crippen molar-refractivity contribution in [3.63, 3.8) is 0 Å². The van der Waals surface area contributed by atoms with Gasteiger partial charge in [-0.1, -0.05) is 18.2 Å². The van der Waals surface area contributed by atoms with E-state index in [-0.39, 0.29) is 5.91 Å². The van der Waals surface area contributed by atoms with Crippen LogP contribution in [-0.4, -0.2) is 42.4 Å². The van der Waals surface area contributed by atoms with Gasteiger partial charge in [-0.15, -0.1) is 0 Å². The minimum Gasteiger partial charge on any atom is -0.495 e. The number of benzene rings is 2. The molecule has 1 aliphatic rings. The van der Waals surface area contributed by atoms with Crippen LogP contribution in [0.1, 0.15) is 41.3 Å². The fraction of sp³-hybridized carbons (Fsp3) is 0.348. The molecule has 2 aromatic carbocycles. The average Bonchev–Trinajstić information content (AvgIpc) is 3.13. The molecule has 1 heterocycles. The zero-order chi connectivity index (χ0) is 21.7. The van der Waals surface area contributed by atoms with Crippen molar-refractivity contribution in [2.45, 2.75) is 39.3 Å². The number of hydrogen-bond donors (Lipinski definition) is 1. The number of nitrogens with zero attached hydrogens (tertiary/aromatic N) is 1. The van der Waals surface area contributed by atoms with Crippen molar-refractivity contribution in [3.8, 4) is 5.75 Å². The number of nitrogens with one attached hydrogen (secondary N) is 1. The second kappa shape index (κ2) is 9.43. The van der Waals surface area contributed by atoms with Crippen LogP contribution in [0, 0.1) is 6.92 Å². The van der Waals surface area contributed by atoms with E-state index in [0.717, 1.165) is 24.1 Å². The van der Waals surface area contributed by atoms with Crippen LogP contribution >= 0.6 is 0 Å². The molecule has 2 amide bonds. The monoisotopic (exact) mass is 410 g/mol. The molecule has 0 aromatic heterocycles. The molecule has 1 fully saturated rings. The fourth-order valence-corrected chi connectivity index (χ4v) is 3.27. The lowest BCUT2D eigenvalue weighted by atomic mass is 10.1. The van der Waals surface area contributed by atoms with E-state index in [1.165, 1.54) is 14.0 Å². The maximum absolute atomic E-state index is 12.5. The van der Waals surface area contributed by atoms with Crippen LogP contribution < -0.4 is 10.1 Å². The molecule has 0 saturated carbocycles. The molecule has 1 unspecified atom stereocenters. The van der Waals surface area contributed by atoms with Gasteiger partial charge < -0.3 is 19.7 Å². The van der Waals surface area contributed by atoms with Gasteiger partial charge in [-0.3, -0.25) is 9.59 Å². The summed E-state index contributed by atoms with van der Waals surface area (Å²) in [6.45, 7) is 4.72. The molecule has 0 radical (unpaired) electrons. The van der Waals surface area contributed by atoms with Crippen LogP contribution in [-0.2, 0) is 20.9 Å². The van der Waals surface area contributed by atoms with Crippen LogP contribution in [0.15, 0.2) is 42.5 Å². The minimum atomic E-state index is -0.982. The standard InChI is InChI=1S/C23H26N2O5/c1-15-6-11-20(29-3)19(13-15)24-22(27)16(2)30-23(28)18-9-7-17(8-10-18)14-25-12-4-5-21(25)26/h6-11,13,16H,4-5,12,14H2,1-3H3,(H,24,27). The zero-order valence-corrected chi connectivity index (χ0v) is 17.4. The summed E-state index contributed by atoms with van der Waals surface area (Å²) >= 11 is 0. The lowest BCUT2D eigenvalue weighted by Gasteiger charge is -2.17. The Morgan fingerprint density at radius 3 is 2.53 bits per heavy atom. The second-order valence-electron chi connectivity index (χ2n) is 7.36. The van der Waals surface area contributed by atoms with Crippen LogP contribution in [0.5, 0.6) is 5.75 Å². The third-order valence-electron chi connectivity index (χ3n) is 5.00. The Hall–Kier alpha value is -3.35. The molecule has 0 spiro atoms. The molecule has 158 valence electrons. The molecule has 3 rings (SSSR count). The first kappa shape index (κ1) is 21.4. The first-order valence-corrected chi connectivity index (χ1v) is 9.90. The van der Waals surface area contributed by atoms with Gasteiger partial charge in [0, 0.05) is 19.5 Å². The Labute approximate surface area is 176 Å². The van der Waals surface area contributed by atoms with E-state index in [0.29, 0.717) is 30.0 Å². The maximum Gasteiger partial charge on any atom is 0.338 e. The number of hydrogen-bond acceptors (Lipinski definition) is 5. The summed E-state index contributed by atoms with van der Waals surface area (Å²) in [6.07, 6.45) is 0.501. The molecular weight excluding hydrogens is 384 g/mol. The molecule has 1 atom stereocenters. The highest BCUT2D eigenvalue weighted by atomic mass is 16.5. The van der Waals surface area contributed by atoms with Crippen LogP contribution in [0.4, 0.5) is 5.69 Å². The zero-order valence-electron chi connectivity index (χ0n) is 17.4. The fourth-order valence-electron chi connectivity index (χ4n) is 3.27. The smallest absolute Gasteiger partial charge is 0.338 e. The number of aryl methyl sites for hydroxylation is 1. The van der Waals surface area contributed by atoms with Crippen molar-refractivity contribution < 1.29 is 23.9 Å². The maximum atomic E-state index is 12.5. The summed E-state index contributed by atoms with van der Waals surface area (Å²) in [5.74, 6) is -0.350. The Balaban J connectivity index is 1.57. The summed E-state index contributed by atoms with van der Waals surface area (Å²) in [5, 5.41) is 2.73. The number of rotatable bonds is 7. The second-order valence-corrected chi connectivity index (χ2v) is 7.36. The van der Waals surface area contributed by atoms with E-state index in [1.807, 2.05) is 13.0 Å². The van der Waals surface area contributed by atoms with Gasteiger partial charge in [-0.05, 0) is 55.7 Å². The van der Waals surface area contributed by atoms with E-state index < -0.39 is 18.0 Å². The van der Waals surface area contributed by atoms with E-state index in [4.69, 9.17) is 9.47 Å². The third kappa shape index (κ3) is 5.17. The third-order valence-corrected chi connectivity index (χ3v) is 5.00. The van der Waals surface area contributed by atoms with E-state index in [9.17, 15) is 14.4 Å². The highest BCUT2D eigenvalue weighted by molar-refractivity contribution is 5.98. The van der Waals surface area contributed by atoms with Crippen LogP contribution in [0.2, 0.25) is 0 Å². The number of amides is 2. The number of likely N-dealkylation sites (tertiary alicyclic amines) is 1. The normalized spacial score (nSPS) is 14.4. The van der Waals surface area contributed by atoms with Gasteiger partial charge in [-0.2, -0.15) is 0 Å². The molecule has 7 heteroatoms. The van der Waals surface area contributed by atoms with Gasteiger partial charge in [0.2, 0.25) is 5.91 Å². The number of carbonyl (C=O) groups is 3. The Morgan fingerprint density at radius 2 is 1.90 bits per heavy atom. The van der Waals surface area contributed by atoms with Crippen LogP contribution in [0.25, 0.3) is 0 Å². The Kier molecular flexibility index (Phi) is 6.72. The molecule has 1 aliphatic heterocycles. The Morgan fingerprint density at radius 1 is 1.17 bits per heavy atom. The van der Waals surface area contributed by atoms with Gasteiger partial charge in [0.1, 0.15) is 5.75 Å². The number of ether oxygens (including phenoxy) is 2. The number of methoxy groups -OCH3 is 1. The lowest BCUT2D eigenvalue weighted by Crippen LogP contribution is -2.30. The van der Waals surface area contributed by atoms with Gasteiger partial charge in [-0.25, -0.2) is 4.79 Å². The summed E-state index contributed by atoms with van der Waals surface area (Å²) in [4.78, 5) is 38.4. The van der Waals surface area contributed by atoms with Crippen molar-refractivity contribution in [2.24, 2.45) is 0 Å². The first-order valence-electron chi connectivity index (χ1n) is 9.90. The van der Waals surface area contributed by atoms with E-state index in [2.05, 4.69) is 5.32 Å². The molecule has 7 nitrogen and oxygen atoms in total. The topological polar surface area (TPSA) is 84.9 Å². The summed E-state index contributed by atoms with van der Waals surface area (Å²) in [6, 6.07) is 12.3. The van der Waals surface area contributed by atoms with Gasteiger partial charge in [0.15, 0.2) is 6.10 Å². The van der Waals surface area contributed by atoms with E-state index in [1.54, 1.807) is 41.3 Å². The molecule has 0 bridgehead atoms. The van der Waals surface area contributed by atoms with E-state index >= 15 is 0 Å². The largest absolute Gasteiger partial charge is 0.495 e. The molecule has 1 N–H and O–H groups in total. The number of esters is 1. The van der Waals surface area contributed by atoms with Gasteiger partial charge >= 0.3 is 5.97 Å². The van der Waals surface area contributed by atoms with Gasteiger partial charge in [0.05, 0.1) is 18.4 Å². The number of carbonyl (C=O) groups excluding carboxylic acids is 3. The van der Waals surface area contributed by atoms with Gasteiger partial charge in [0.25, 0.3) is 5.91 Å².